The number of hydrogen-bond donors (Lipinski definition) is 0. The van der Waals surface area contributed by atoms with Crippen molar-refractivity contribution in [2.75, 3.05) is 5.01 Å². The summed E-state index contributed by atoms with van der Waals surface area (Å²) in [5.41, 5.74) is 5.35. The molecule has 0 heterocycles. The maximum atomic E-state index is 4.88. The molecule has 0 saturated heterocycles. The van der Waals surface area contributed by atoms with Crippen LogP contribution in [0.4, 0.5) is 11.4 Å². The summed E-state index contributed by atoms with van der Waals surface area (Å²) < 4.78 is 0. The highest BCUT2D eigenvalue weighted by molar-refractivity contribution is 6.16. The van der Waals surface area contributed by atoms with Crippen molar-refractivity contribution < 1.29 is 0 Å². The molecule has 0 aliphatic rings. The highest BCUT2D eigenvalue weighted by Crippen LogP contribution is 2.26. The van der Waals surface area contributed by atoms with E-state index in [0.29, 0.717) is 0 Å². The maximum absolute atomic E-state index is 4.88. The number of allylic oxidation sites excluding steroid dienone is 1. The Kier molecular flexibility index (Phi) is 5.94. The highest BCUT2D eigenvalue weighted by atomic mass is 15.5. The van der Waals surface area contributed by atoms with Crippen LogP contribution in [0.2, 0.25) is 0 Å². The van der Waals surface area contributed by atoms with Crippen LogP contribution in [-0.4, -0.2) is 6.21 Å². The fourth-order valence-corrected chi connectivity index (χ4v) is 3.10. The van der Waals surface area contributed by atoms with Crippen LogP contribution >= 0.6 is 0 Å². The van der Waals surface area contributed by atoms with Crippen LogP contribution in [0, 0.1) is 0 Å². The third kappa shape index (κ3) is 4.88. The van der Waals surface area contributed by atoms with Gasteiger partial charge in [0.15, 0.2) is 0 Å². The summed E-state index contributed by atoms with van der Waals surface area (Å²) in [7, 11) is 0. The van der Waals surface area contributed by atoms with E-state index in [1.807, 2.05) is 84.0 Å². The Morgan fingerprint density at radius 3 is 1.52 bits per heavy atom. The first-order valence-electron chi connectivity index (χ1n) is 9.66. The predicted octanol–water partition coefficient (Wildman–Crippen LogP) is 7.05. The lowest BCUT2D eigenvalue weighted by atomic mass is 10.0. The Morgan fingerprint density at radius 2 is 1.00 bits per heavy atom. The zero-order valence-corrected chi connectivity index (χ0v) is 16.1. The van der Waals surface area contributed by atoms with Gasteiger partial charge in [-0.3, -0.25) is 0 Å². The molecule has 2 nitrogen and oxygen atoms in total. The van der Waals surface area contributed by atoms with Gasteiger partial charge >= 0.3 is 0 Å². The summed E-state index contributed by atoms with van der Waals surface area (Å²) in [6, 6.07) is 41.1. The number of hydrogen-bond acceptors (Lipinski definition) is 2. The lowest BCUT2D eigenvalue weighted by Gasteiger charge is -2.19. The third-order valence-corrected chi connectivity index (χ3v) is 4.54. The average molecular weight is 374 g/mol. The molecule has 140 valence electrons. The number of para-hydroxylation sites is 2. The van der Waals surface area contributed by atoms with Crippen LogP contribution in [0.5, 0.6) is 0 Å². The highest BCUT2D eigenvalue weighted by Gasteiger charge is 2.07. The lowest BCUT2D eigenvalue weighted by Crippen LogP contribution is -2.09. The maximum Gasteiger partial charge on any atom is 0.0652 e. The summed E-state index contributed by atoms with van der Waals surface area (Å²) in [5, 5.41) is 6.84. The second kappa shape index (κ2) is 9.34. The summed E-state index contributed by atoms with van der Waals surface area (Å²) in [6.45, 7) is 0. The van der Waals surface area contributed by atoms with Gasteiger partial charge in [-0.15, -0.1) is 0 Å². The van der Waals surface area contributed by atoms with E-state index in [4.69, 9.17) is 5.10 Å². The summed E-state index contributed by atoms with van der Waals surface area (Å²) >= 11 is 0. The zero-order valence-electron chi connectivity index (χ0n) is 16.1. The molecule has 0 radical (unpaired) electrons. The molecule has 29 heavy (non-hydrogen) atoms. The molecule has 0 spiro atoms. The van der Waals surface area contributed by atoms with Crippen molar-refractivity contribution >= 4 is 29.2 Å². The number of hydrazone groups is 1. The lowest BCUT2D eigenvalue weighted by molar-refractivity contribution is 1.09. The molecule has 4 aromatic rings. The van der Waals surface area contributed by atoms with Gasteiger partial charge in [0.05, 0.1) is 17.6 Å². The Morgan fingerprint density at radius 1 is 0.552 bits per heavy atom. The van der Waals surface area contributed by atoms with Crippen LogP contribution in [0.1, 0.15) is 11.1 Å². The van der Waals surface area contributed by atoms with Gasteiger partial charge in [-0.1, -0.05) is 97.1 Å². The molecule has 0 atom stereocenters. The molecule has 0 aliphatic heterocycles. The Balaban J connectivity index is 1.75. The van der Waals surface area contributed by atoms with E-state index >= 15 is 0 Å². The average Bonchev–Trinajstić information content (AvgIpc) is 2.81. The molecule has 0 aliphatic carbocycles. The minimum Gasteiger partial charge on any atom is -0.234 e. The molecular weight excluding hydrogens is 352 g/mol. The third-order valence-electron chi connectivity index (χ3n) is 4.54. The minimum absolute atomic E-state index is 1.02. The quantitative estimate of drug-likeness (QED) is 0.200. The van der Waals surface area contributed by atoms with Gasteiger partial charge in [0.1, 0.15) is 0 Å². The molecule has 0 bridgehead atoms. The van der Waals surface area contributed by atoms with E-state index in [-0.39, 0.29) is 0 Å². The Labute approximate surface area is 172 Å². The molecule has 4 aromatic carbocycles. The van der Waals surface area contributed by atoms with Crippen molar-refractivity contribution in [2.24, 2.45) is 5.10 Å². The molecule has 4 rings (SSSR count). The number of anilines is 2. The van der Waals surface area contributed by atoms with Gasteiger partial charge < -0.3 is 0 Å². The first-order chi connectivity index (χ1) is 14.4. The molecule has 0 amide bonds. The van der Waals surface area contributed by atoms with Crippen LogP contribution in [0.25, 0.3) is 11.6 Å². The van der Waals surface area contributed by atoms with Crippen molar-refractivity contribution in [2.45, 2.75) is 0 Å². The van der Waals surface area contributed by atoms with Crippen LogP contribution in [0.3, 0.4) is 0 Å². The van der Waals surface area contributed by atoms with Crippen molar-refractivity contribution in [3.8, 4) is 0 Å². The second-order valence-corrected chi connectivity index (χ2v) is 6.60. The largest absolute Gasteiger partial charge is 0.234 e. The van der Waals surface area contributed by atoms with E-state index in [0.717, 1.165) is 28.1 Å². The molecule has 2 heteroatoms. The summed E-state index contributed by atoms with van der Waals surface area (Å²) in [5.74, 6) is 0. The van der Waals surface area contributed by atoms with E-state index in [1.54, 1.807) is 0 Å². The van der Waals surface area contributed by atoms with Gasteiger partial charge in [-0.2, -0.15) is 5.10 Å². The Bertz CT molecular complexity index is 1030. The van der Waals surface area contributed by atoms with E-state index in [2.05, 4.69) is 54.6 Å². The van der Waals surface area contributed by atoms with Gasteiger partial charge in [0.2, 0.25) is 0 Å². The van der Waals surface area contributed by atoms with Crippen LogP contribution < -0.4 is 5.01 Å². The van der Waals surface area contributed by atoms with Gasteiger partial charge in [0, 0.05) is 5.57 Å². The van der Waals surface area contributed by atoms with Gasteiger partial charge in [-0.05, 0) is 41.5 Å². The molecule has 0 unspecified atom stereocenters. The molecule has 0 aromatic heterocycles. The van der Waals surface area contributed by atoms with Crippen LogP contribution in [-0.2, 0) is 0 Å². The second-order valence-electron chi connectivity index (χ2n) is 6.60. The summed E-state index contributed by atoms with van der Waals surface area (Å²) in [6.07, 6.45) is 4.09. The van der Waals surface area contributed by atoms with E-state index in [9.17, 15) is 0 Å². The zero-order chi connectivity index (χ0) is 19.7. The van der Waals surface area contributed by atoms with Crippen molar-refractivity contribution in [3.63, 3.8) is 0 Å². The predicted molar refractivity (Wildman–Crippen MR) is 124 cm³/mol. The molecule has 0 N–H and O–H groups in total. The van der Waals surface area contributed by atoms with Crippen LogP contribution in [0.15, 0.2) is 126 Å². The fourth-order valence-electron chi connectivity index (χ4n) is 3.10. The van der Waals surface area contributed by atoms with Gasteiger partial charge in [-0.25, -0.2) is 5.01 Å². The SMILES string of the molecule is C(=NN(c1ccccc1)c1ccccc1)/C(=C/c1ccccc1)c1ccccc1. The first-order valence-corrected chi connectivity index (χ1v) is 9.66. The smallest absolute Gasteiger partial charge is 0.0652 e. The first kappa shape index (κ1) is 18.5. The monoisotopic (exact) mass is 374 g/mol. The standard InChI is InChI=1S/C27H22N2/c1-5-13-23(14-6-1)21-25(24-15-7-2-8-16-24)22-28-29(26-17-9-3-10-18-26)27-19-11-4-12-20-27/h1-22H/b25-21-,28-22?. The van der Waals surface area contributed by atoms with E-state index < -0.39 is 0 Å². The minimum atomic E-state index is 1.02. The Hall–Kier alpha value is -3.91. The van der Waals surface area contributed by atoms with Gasteiger partial charge in [0.25, 0.3) is 0 Å². The van der Waals surface area contributed by atoms with Crippen molar-refractivity contribution in [3.05, 3.63) is 132 Å². The summed E-state index contributed by atoms with van der Waals surface area (Å²) in [4.78, 5) is 0. The molecule has 0 fully saturated rings. The number of benzene rings is 4. The topological polar surface area (TPSA) is 15.6 Å². The number of rotatable bonds is 6. The molecular formula is C27H22N2. The molecule has 0 saturated carbocycles. The van der Waals surface area contributed by atoms with Crippen molar-refractivity contribution in [1.29, 1.82) is 0 Å². The number of nitrogens with zero attached hydrogens (tertiary/aromatic N) is 2. The van der Waals surface area contributed by atoms with E-state index in [1.165, 1.54) is 0 Å². The fraction of sp³-hybridized carbons (Fsp3) is 0. The normalized spacial score (nSPS) is 11.5. The van der Waals surface area contributed by atoms with Crippen molar-refractivity contribution in [1.82, 2.24) is 0 Å².